The molecule has 0 atom stereocenters. The van der Waals surface area contributed by atoms with Gasteiger partial charge in [0.2, 0.25) is 0 Å². The summed E-state index contributed by atoms with van der Waals surface area (Å²) < 4.78 is 0. The second kappa shape index (κ2) is 17.0. The second-order valence-corrected chi connectivity index (χ2v) is 6.85. The Labute approximate surface area is 150 Å². The van der Waals surface area contributed by atoms with Gasteiger partial charge in [-0.2, -0.15) is 0 Å². The first-order valence-corrected chi connectivity index (χ1v) is 10.3. The van der Waals surface area contributed by atoms with Crippen LogP contribution in [-0.2, 0) is 4.79 Å². The summed E-state index contributed by atoms with van der Waals surface area (Å²) in [4.78, 5) is 13.6. The zero-order chi connectivity index (χ0) is 18.0. The van der Waals surface area contributed by atoms with Gasteiger partial charge >= 0.3 is 5.97 Å². The number of rotatable bonds is 17. The first-order chi connectivity index (χ1) is 11.7. The Kier molecular flexibility index (Phi) is 16.4. The molecule has 0 fully saturated rings. The molecule has 0 aliphatic heterocycles. The van der Waals surface area contributed by atoms with E-state index in [1.807, 2.05) is 13.0 Å². The van der Waals surface area contributed by atoms with Crippen molar-refractivity contribution in [2.24, 2.45) is 0 Å². The molecular weight excluding hydrogens is 298 g/mol. The van der Waals surface area contributed by atoms with E-state index in [0.29, 0.717) is 12.0 Å². The maximum atomic E-state index is 11.1. The molecular formula is C21H41NO2. The quantitative estimate of drug-likeness (QED) is 0.259. The molecule has 0 aliphatic rings. The summed E-state index contributed by atoms with van der Waals surface area (Å²) >= 11 is 0. The molecule has 0 aromatic heterocycles. The molecule has 142 valence electrons. The minimum atomic E-state index is -0.761. The zero-order valence-corrected chi connectivity index (χ0v) is 16.5. The van der Waals surface area contributed by atoms with Gasteiger partial charge in [-0.1, -0.05) is 78.2 Å². The van der Waals surface area contributed by atoms with Crippen LogP contribution in [0.2, 0.25) is 0 Å². The monoisotopic (exact) mass is 339 g/mol. The maximum Gasteiger partial charge on any atom is 0.331 e. The zero-order valence-electron chi connectivity index (χ0n) is 16.5. The number of carbonyl (C=O) groups is 1. The average Bonchev–Trinajstić information content (AvgIpc) is 2.57. The summed E-state index contributed by atoms with van der Waals surface area (Å²) in [6.07, 6.45) is 16.6. The van der Waals surface area contributed by atoms with Crippen LogP contribution in [0, 0.1) is 0 Å². The minimum absolute atomic E-state index is 0.556. The number of carboxylic acid groups (broad SMARTS) is 1. The molecule has 0 unspecified atom stereocenters. The van der Waals surface area contributed by atoms with Crippen molar-refractivity contribution in [3.8, 4) is 0 Å². The Morgan fingerprint density at radius 1 is 0.792 bits per heavy atom. The van der Waals surface area contributed by atoms with E-state index in [-0.39, 0.29) is 0 Å². The molecule has 0 aliphatic carbocycles. The summed E-state index contributed by atoms with van der Waals surface area (Å²) in [6.45, 7) is 9.75. The van der Waals surface area contributed by atoms with Crippen molar-refractivity contribution in [2.75, 3.05) is 19.6 Å². The van der Waals surface area contributed by atoms with Crippen LogP contribution in [0.4, 0.5) is 0 Å². The van der Waals surface area contributed by atoms with Crippen molar-refractivity contribution in [3.63, 3.8) is 0 Å². The molecule has 0 saturated heterocycles. The van der Waals surface area contributed by atoms with Gasteiger partial charge in [0.05, 0.1) is 0 Å². The first-order valence-electron chi connectivity index (χ1n) is 10.3. The second-order valence-electron chi connectivity index (χ2n) is 6.85. The predicted molar refractivity (Wildman–Crippen MR) is 105 cm³/mol. The smallest absolute Gasteiger partial charge is 0.331 e. The van der Waals surface area contributed by atoms with Gasteiger partial charge in [0.25, 0.3) is 0 Å². The summed E-state index contributed by atoms with van der Waals surface area (Å²) in [6, 6.07) is 0. The molecule has 0 heterocycles. The van der Waals surface area contributed by atoms with Crippen LogP contribution in [-0.4, -0.2) is 35.6 Å². The third-order valence-electron chi connectivity index (χ3n) is 4.65. The lowest BCUT2D eigenvalue weighted by molar-refractivity contribution is -0.132. The molecule has 0 aromatic rings. The molecule has 0 aromatic carbocycles. The lowest BCUT2D eigenvalue weighted by Crippen LogP contribution is -2.27. The molecule has 24 heavy (non-hydrogen) atoms. The Balaban J connectivity index is 4.16. The van der Waals surface area contributed by atoms with E-state index in [2.05, 4.69) is 18.7 Å². The molecule has 0 spiro atoms. The Hall–Kier alpha value is -0.830. The normalized spacial score (nSPS) is 12.1. The van der Waals surface area contributed by atoms with Crippen molar-refractivity contribution < 1.29 is 9.90 Å². The third kappa shape index (κ3) is 13.6. The van der Waals surface area contributed by atoms with Crippen LogP contribution >= 0.6 is 0 Å². The predicted octanol–water partition coefficient (Wildman–Crippen LogP) is 6.04. The third-order valence-corrected chi connectivity index (χ3v) is 4.65. The fourth-order valence-corrected chi connectivity index (χ4v) is 3.02. The number of unbranched alkanes of at least 4 members (excludes halogenated alkanes) is 8. The van der Waals surface area contributed by atoms with Gasteiger partial charge in [-0.25, -0.2) is 4.79 Å². The van der Waals surface area contributed by atoms with Crippen molar-refractivity contribution >= 4 is 5.97 Å². The molecule has 1 N–H and O–H groups in total. The Morgan fingerprint density at radius 2 is 1.29 bits per heavy atom. The van der Waals surface area contributed by atoms with Crippen LogP contribution in [0.1, 0.15) is 97.8 Å². The van der Waals surface area contributed by atoms with Gasteiger partial charge in [0.15, 0.2) is 0 Å². The van der Waals surface area contributed by atoms with Crippen LogP contribution in [0.15, 0.2) is 11.6 Å². The van der Waals surface area contributed by atoms with Crippen LogP contribution < -0.4 is 0 Å². The lowest BCUT2D eigenvalue weighted by atomic mass is 10.1. The molecule has 0 amide bonds. The molecule has 3 nitrogen and oxygen atoms in total. The van der Waals surface area contributed by atoms with E-state index in [4.69, 9.17) is 5.11 Å². The summed E-state index contributed by atoms with van der Waals surface area (Å²) in [5.41, 5.74) is 0.556. The van der Waals surface area contributed by atoms with Crippen molar-refractivity contribution in [3.05, 3.63) is 11.6 Å². The van der Waals surface area contributed by atoms with Crippen molar-refractivity contribution in [1.29, 1.82) is 0 Å². The average molecular weight is 340 g/mol. The van der Waals surface area contributed by atoms with Gasteiger partial charge in [-0.05, 0) is 38.8 Å². The number of aliphatic carboxylic acids is 1. The highest BCUT2D eigenvalue weighted by Crippen LogP contribution is 2.09. The standard InChI is InChI=1S/C21H41NO2/c1-4-7-9-11-13-17-22(18-14-12-10-8-5-2)19-15-16-20(6-3)21(23)24/h16H,4-15,17-19H2,1-3H3,(H,23,24). The minimum Gasteiger partial charge on any atom is -0.478 e. The van der Waals surface area contributed by atoms with E-state index < -0.39 is 5.97 Å². The van der Waals surface area contributed by atoms with E-state index in [1.165, 1.54) is 77.3 Å². The fraction of sp³-hybridized carbons (Fsp3) is 0.857. The van der Waals surface area contributed by atoms with Crippen LogP contribution in [0.3, 0.4) is 0 Å². The number of hydrogen-bond donors (Lipinski definition) is 1. The number of hydrogen-bond acceptors (Lipinski definition) is 2. The topological polar surface area (TPSA) is 40.5 Å². The van der Waals surface area contributed by atoms with E-state index in [1.54, 1.807) is 0 Å². The first kappa shape index (κ1) is 23.2. The van der Waals surface area contributed by atoms with E-state index in [9.17, 15) is 4.79 Å². The Bertz CT molecular complexity index is 312. The van der Waals surface area contributed by atoms with Crippen molar-refractivity contribution in [2.45, 2.75) is 97.8 Å². The van der Waals surface area contributed by atoms with E-state index >= 15 is 0 Å². The number of nitrogens with zero attached hydrogens (tertiary/aromatic N) is 1. The fourth-order valence-electron chi connectivity index (χ4n) is 3.02. The summed E-state index contributed by atoms with van der Waals surface area (Å²) in [5, 5.41) is 9.10. The van der Waals surface area contributed by atoms with E-state index in [0.717, 1.165) is 13.0 Å². The van der Waals surface area contributed by atoms with Gasteiger partial charge < -0.3 is 10.0 Å². The SMILES string of the molecule is CCCCCCCN(CCC=C(CC)C(=O)O)CCCCCCC. The van der Waals surface area contributed by atoms with Crippen LogP contribution in [0.5, 0.6) is 0 Å². The van der Waals surface area contributed by atoms with Gasteiger partial charge in [0.1, 0.15) is 0 Å². The highest BCUT2D eigenvalue weighted by Gasteiger charge is 2.06. The summed E-state index contributed by atoms with van der Waals surface area (Å²) in [7, 11) is 0. The molecule has 3 heteroatoms. The van der Waals surface area contributed by atoms with Gasteiger partial charge in [-0.3, -0.25) is 0 Å². The highest BCUT2D eigenvalue weighted by atomic mass is 16.4. The highest BCUT2D eigenvalue weighted by molar-refractivity contribution is 5.86. The molecule has 0 saturated carbocycles. The van der Waals surface area contributed by atoms with Crippen LogP contribution in [0.25, 0.3) is 0 Å². The molecule has 0 radical (unpaired) electrons. The lowest BCUT2D eigenvalue weighted by Gasteiger charge is -2.22. The Morgan fingerprint density at radius 3 is 1.71 bits per heavy atom. The summed E-state index contributed by atoms with van der Waals surface area (Å²) in [5.74, 6) is -0.761. The van der Waals surface area contributed by atoms with Gasteiger partial charge in [0, 0.05) is 12.1 Å². The largest absolute Gasteiger partial charge is 0.478 e. The van der Waals surface area contributed by atoms with Crippen molar-refractivity contribution in [1.82, 2.24) is 4.90 Å². The molecule has 0 rings (SSSR count). The molecule has 0 bridgehead atoms. The maximum absolute atomic E-state index is 11.1. The number of carboxylic acids is 1. The van der Waals surface area contributed by atoms with Gasteiger partial charge in [-0.15, -0.1) is 0 Å².